The summed E-state index contributed by atoms with van der Waals surface area (Å²) < 4.78 is 3.14. The number of nitrogens with one attached hydrogen (secondary N) is 1. The minimum atomic E-state index is 0.570. The number of hydrogen-bond acceptors (Lipinski definition) is 3. The van der Waals surface area contributed by atoms with Crippen LogP contribution >= 0.6 is 15.9 Å². The minimum Gasteiger partial charge on any atom is -0.376 e. The molecule has 4 nitrogen and oxygen atoms in total. The summed E-state index contributed by atoms with van der Waals surface area (Å²) in [4.78, 5) is 6.79. The first-order valence-corrected chi connectivity index (χ1v) is 7.51. The highest BCUT2D eigenvalue weighted by atomic mass is 79.9. The third kappa shape index (κ3) is 2.49. The molecule has 0 spiro atoms. The number of pyridine rings is 1. The zero-order chi connectivity index (χ0) is 13.4. The first-order chi connectivity index (χ1) is 9.15. The monoisotopic (exact) mass is 322 g/mol. The Kier molecular flexibility index (Phi) is 3.50. The maximum Gasteiger partial charge on any atom is 0.132 e. The minimum absolute atomic E-state index is 0.570. The van der Waals surface area contributed by atoms with Crippen molar-refractivity contribution < 1.29 is 0 Å². The Balaban J connectivity index is 2.00. The van der Waals surface area contributed by atoms with Gasteiger partial charge in [-0.2, -0.15) is 0 Å². The third-order valence-electron chi connectivity index (χ3n) is 3.76. The number of aromatic nitrogens is 2. The fourth-order valence-corrected chi connectivity index (χ4v) is 3.18. The predicted molar refractivity (Wildman–Crippen MR) is 81.9 cm³/mol. The number of anilines is 1. The van der Waals surface area contributed by atoms with E-state index in [9.17, 15) is 0 Å². The van der Waals surface area contributed by atoms with Crippen LogP contribution < -0.4 is 10.2 Å². The van der Waals surface area contributed by atoms with Gasteiger partial charge < -0.3 is 14.6 Å². The Morgan fingerprint density at radius 1 is 1.47 bits per heavy atom. The molecule has 2 aromatic rings. The molecule has 19 heavy (non-hydrogen) atoms. The standard InChI is InChI=1S/C14H19BrN4/c1-18(2)11-5-6-12-14(15)17-13(19(12)9-11)8-10-4-3-7-16-10/h5-6,9-10,16H,3-4,7-8H2,1-2H3. The van der Waals surface area contributed by atoms with E-state index in [-0.39, 0.29) is 0 Å². The second-order valence-corrected chi connectivity index (χ2v) is 6.10. The quantitative estimate of drug-likeness (QED) is 0.942. The predicted octanol–water partition coefficient (Wildman–Crippen LogP) is 2.46. The van der Waals surface area contributed by atoms with Gasteiger partial charge in [0.25, 0.3) is 0 Å². The van der Waals surface area contributed by atoms with Gasteiger partial charge in [0.1, 0.15) is 10.4 Å². The van der Waals surface area contributed by atoms with E-state index in [2.05, 4.69) is 68.0 Å². The summed E-state index contributed by atoms with van der Waals surface area (Å²) in [6.45, 7) is 1.14. The molecule has 0 bridgehead atoms. The summed E-state index contributed by atoms with van der Waals surface area (Å²) in [6, 6.07) is 4.82. The molecular formula is C14H19BrN4. The lowest BCUT2D eigenvalue weighted by molar-refractivity contribution is 0.584. The highest BCUT2D eigenvalue weighted by Crippen LogP contribution is 2.24. The van der Waals surface area contributed by atoms with E-state index in [1.807, 2.05) is 0 Å². The number of fused-ring (bicyclic) bond motifs is 1. The molecule has 0 aromatic carbocycles. The molecule has 5 heteroatoms. The van der Waals surface area contributed by atoms with E-state index in [1.54, 1.807) is 0 Å². The summed E-state index contributed by atoms with van der Waals surface area (Å²) in [5, 5.41) is 3.54. The van der Waals surface area contributed by atoms with Crippen LogP contribution in [0, 0.1) is 0 Å². The number of halogens is 1. The van der Waals surface area contributed by atoms with E-state index in [1.165, 1.54) is 18.5 Å². The van der Waals surface area contributed by atoms with E-state index in [4.69, 9.17) is 0 Å². The summed E-state index contributed by atoms with van der Waals surface area (Å²) >= 11 is 3.56. The SMILES string of the molecule is CN(C)c1ccc2c(Br)nc(CC3CCCN3)n2c1. The van der Waals surface area contributed by atoms with Crippen molar-refractivity contribution >= 4 is 27.1 Å². The lowest BCUT2D eigenvalue weighted by atomic mass is 10.1. The highest BCUT2D eigenvalue weighted by Gasteiger charge is 2.18. The van der Waals surface area contributed by atoms with Gasteiger partial charge in [0.05, 0.1) is 11.2 Å². The number of nitrogens with zero attached hydrogens (tertiary/aromatic N) is 3. The second kappa shape index (κ2) is 5.13. The van der Waals surface area contributed by atoms with Crippen LogP contribution in [0.25, 0.3) is 5.52 Å². The van der Waals surface area contributed by atoms with Crippen molar-refractivity contribution in [2.24, 2.45) is 0 Å². The molecule has 1 N–H and O–H groups in total. The van der Waals surface area contributed by atoms with Crippen molar-refractivity contribution in [1.82, 2.24) is 14.7 Å². The molecule has 1 unspecified atom stereocenters. The Morgan fingerprint density at radius 2 is 2.32 bits per heavy atom. The van der Waals surface area contributed by atoms with Crippen molar-refractivity contribution in [3.05, 3.63) is 28.8 Å². The normalized spacial score (nSPS) is 19.2. The molecule has 0 saturated carbocycles. The molecule has 3 rings (SSSR count). The Bertz CT molecular complexity index is 584. The van der Waals surface area contributed by atoms with Crippen molar-refractivity contribution in [2.75, 3.05) is 25.5 Å². The van der Waals surface area contributed by atoms with Gasteiger partial charge in [-0.25, -0.2) is 4.98 Å². The van der Waals surface area contributed by atoms with Gasteiger partial charge in [0, 0.05) is 32.8 Å². The molecule has 3 heterocycles. The molecule has 2 aromatic heterocycles. The molecule has 1 aliphatic rings. The second-order valence-electron chi connectivity index (χ2n) is 5.35. The van der Waals surface area contributed by atoms with Gasteiger partial charge >= 0.3 is 0 Å². The van der Waals surface area contributed by atoms with Gasteiger partial charge in [0.15, 0.2) is 0 Å². The molecule has 1 atom stereocenters. The average Bonchev–Trinajstić information content (AvgIpc) is 2.99. The highest BCUT2D eigenvalue weighted by molar-refractivity contribution is 9.10. The Labute approximate surface area is 121 Å². The molecule has 1 aliphatic heterocycles. The first kappa shape index (κ1) is 12.9. The van der Waals surface area contributed by atoms with Crippen molar-refractivity contribution in [3.8, 4) is 0 Å². The van der Waals surface area contributed by atoms with Crippen LogP contribution in [-0.2, 0) is 6.42 Å². The van der Waals surface area contributed by atoms with E-state index in [0.717, 1.165) is 28.9 Å². The first-order valence-electron chi connectivity index (χ1n) is 6.72. The topological polar surface area (TPSA) is 32.6 Å². The van der Waals surface area contributed by atoms with Crippen LogP contribution in [0.5, 0.6) is 0 Å². The molecule has 0 aliphatic carbocycles. The average molecular weight is 323 g/mol. The molecule has 0 amide bonds. The third-order valence-corrected chi connectivity index (χ3v) is 4.34. The van der Waals surface area contributed by atoms with E-state index < -0.39 is 0 Å². The van der Waals surface area contributed by atoms with Gasteiger partial charge in [-0.3, -0.25) is 0 Å². The van der Waals surface area contributed by atoms with Crippen molar-refractivity contribution in [3.63, 3.8) is 0 Å². The summed E-state index contributed by atoms with van der Waals surface area (Å²) in [5.74, 6) is 1.13. The summed E-state index contributed by atoms with van der Waals surface area (Å²) in [5.41, 5.74) is 2.33. The zero-order valence-electron chi connectivity index (χ0n) is 11.4. The van der Waals surface area contributed by atoms with Gasteiger partial charge in [-0.05, 0) is 47.4 Å². The van der Waals surface area contributed by atoms with Gasteiger partial charge in [-0.15, -0.1) is 0 Å². The molecular weight excluding hydrogens is 304 g/mol. The number of hydrogen-bond donors (Lipinski definition) is 1. The molecule has 102 valence electrons. The Hall–Kier alpha value is -1.07. The van der Waals surface area contributed by atoms with Crippen LogP contribution in [0.4, 0.5) is 5.69 Å². The number of imidazole rings is 1. The molecule has 1 fully saturated rings. The largest absolute Gasteiger partial charge is 0.376 e. The summed E-state index contributed by atoms with van der Waals surface area (Å²) in [7, 11) is 4.12. The molecule has 0 radical (unpaired) electrons. The number of rotatable bonds is 3. The van der Waals surface area contributed by atoms with Crippen LogP contribution in [-0.4, -0.2) is 36.1 Å². The fourth-order valence-electron chi connectivity index (χ4n) is 2.66. The van der Waals surface area contributed by atoms with Crippen LogP contribution in [0.1, 0.15) is 18.7 Å². The zero-order valence-corrected chi connectivity index (χ0v) is 12.9. The fraction of sp³-hybridized carbons (Fsp3) is 0.500. The lowest BCUT2D eigenvalue weighted by Crippen LogP contribution is -2.24. The van der Waals surface area contributed by atoms with Crippen LogP contribution in [0.3, 0.4) is 0 Å². The van der Waals surface area contributed by atoms with Gasteiger partial charge in [-0.1, -0.05) is 0 Å². The Morgan fingerprint density at radius 3 is 3.00 bits per heavy atom. The molecule has 1 saturated heterocycles. The van der Waals surface area contributed by atoms with Crippen LogP contribution in [0.15, 0.2) is 22.9 Å². The van der Waals surface area contributed by atoms with Crippen LogP contribution in [0.2, 0.25) is 0 Å². The lowest BCUT2D eigenvalue weighted by Gasteiger charge is -2.14. The van der Waals surface area contributed by atoms with E-state index in [0.29, 0.717) is 6.04 Å². The van der Waals surface area contributed by atoms with Gasteiger partial charge in [0.2, 0.25) is 0 Å². The smallest absolute Gasteiger partial charge is 0.132 e. The van der Waals surface area contributed by atoms with Crippen molar-refractivity contribution in [1.29, 1.82) is 0 Å². The maximum absolute atomic E-state index is 4.67. The maximum atomic E-state index is 4.67. The summed E-state index contributed by atoms with van der Waals surface area (Å²) in [6.07, 6.45) is 5.68. The van der Waals surface area contributed by atoms with Crippen molar-refractivity contribution in [2.45, 2.75) is 25.3 Å². The van der Waals surface area contributed by atoms with E-state index >= 15 is 0 Å².